The third-order valence-corrected chi connectivity index (χ3v) is 5.34. The highest BCUT2D eigenvalue weighted by atomic mass is 79.9. The van der Waals surface area contributed by atoms with Crippen LogP contribution in [0.4, 0.5) is 5.69 Å². The molecule has 4 nitrogen and oxygen atoms in total. The van der Waals surface area contributed by atoms with Gasteiger partial charge in [0.25, 0.3) is 0 Å². The lowest BCUT2D eigenvalue weighted by Gasteiger charge is -2.08. The number of nitrogens with two attached hydrogens (primary N) is 1. The smallest absolute Gasteiger partial charge is 0.105 e. The molecule has 22 heavy (non-hydrogen) atoms. The molecule has 0 bridgehead atoms. The van der Waals surface area contributed by atoms with E-state index in [-0.39, 0.29) is 0 Å². The fourth-order valence-electron chi connectivity index (χ4n) is 2.46. The number of fused-ring (bicyclic) bond motifs is 1. The van der Waals surface area contributed by atoms with Crippen molar-refractivity contribution < 1.29 is 0 Å². The minimum Gasteiger partial charge on any atom is -0.378 e. The van der Waals surface area contributed by atoms with Gasteiger partial charge in [-0.1, -0.05) is 13.0 Å². The lowest BCUT2D eigenvalue weighted by Crippen LogP contribution is -2.03. The molecule has 4 N–H and O–H groups in total. The maximum Gasteiger partial charge on any atom is 0.105 e. The molecule has 0 saturated heterocycles. The molecule has 0 aliphatic rings. The van der Waals surface area contributed by atoms with E-state index in [0.717, 1.165) is 52.0 Å². The van der Waals surface area contributed by atoms with E-state index >= 15 is 0 Å². The van der Waals surface area contributed by atoms with Gasteiger partial charge in [0.15, 0.2) is 0 Å². The third-order valence-electron chi connectivity index (χ3n) is 3.61. The molecule has 116 valence electrons. The summed E-state index contributed by atoms with van der Waals surface area (Å²) in [5, 5.41) is 5.63. The summed E-state index contributed by atoms with van der Waals surface area (Å²) in [5.74, 6) is 0. The molecular formula is C16H19BrN4S. The fourth-order valence-corrected chi connectivity index (χ4v) is 3.69. The van der Waals surface area contributed by atoms with Gasteiger partial charge in [-0.25, -0.2) is 4.98 Å². The average molecular weight is 379 g/mol. The average Bonchev–Trinajstić information content (AvgIpc) is 3.15. The Balaban J connectivity index is 2.00. The summed E-state index contributed by atoms with van der Waals surface area (Å²) < 4.78 is 1.03. The van der Waals surface area contributed by atoms with Gasteiger partial charge in [-0.15, -0.1) is 11.3 Å². The first kappa shape index (κ1) is 15.5. The Kier molecular flexibility index (Phi) is 4.81. The number of nitrogens with zero attached hydrogens (tertiary/aromatic N) is 1. The molecule has 0 aliphatic carbocycles. The molecule has 0 atom stereocenters. The lowest BCUT2D eigenvalue weighted by atomic mass is 10.2. The summed E-state index contributed by atoms with van der Waals surface area (Å²) in [6.45, 7) is 3.56. The minimum absolute atomic E-state index is 0.615. The molecule has 0 radical (unpaired) electrons. The second kappa shape index (κ2) is 6.81. The fraction of sp³-hybridized carbons (Fsp3) is 0.312. The van der Waals surface area contributed by atoms with Crippen molar-refractivity contribution in [3.05, 3.63) is 44.3 Å². The van der Waals surface area contributed by atoms with E-state index in [1.807, 2.05) is 0 Å². The summed E-state index contributed by atoms with van der Waals surface area (Å²) in [7, 11) is 0. The number of rotatable bonds is 6. The van der Waals surface area contributed by atoms with Crippen LogP contribution in [0.5, 0.6) is 0 Å². The van der Waals surface area contributed by atoms with E-state index in [9.17, 15) is 0 Å². The van der Waals surface area contributed by atoms with Gasteiger partial charge in [0.05, 0.1) is 15.7 Å². The highest BCUT2D eigenvalue weighted by molar-refractivity contribution is 9.10. The van der Waals surface area contributed by atoms with Crippen molar-refractivity contribution in [2.75, 3.05) is 11.9 Å². The van der Waals surface area contributed by atoms with Crippen molar-refractivity contribution in [3.8, 4) is 0 Å². The number of thiophene rings is 1. The Labute approximate surface area is 142 Å². The van der Waals surface area contributed by atoms with Crippen molar-refractivity contribution in [3.63, 3.8) is 0 Å². The van der Waals surface area contributed by atoms with E-state index in [1.165, 1.54) is 4.88 Å². The van der Waals surface area contributed by atoms with Crippen LogP contribution in [0.2, 0.25) is 0 Å². The number of halogens is 1. The van der Waals surface area contributed by atoms with Gasteiger partial charge < -0.3 is 16.0 Å². The highest BCUT2D eigenvalue weighted by Crippen LogP contribution is 2.32. The molecule has 0 unspecified atom stereocenters. The number of nitrogens with one attached hydrogen (secondary N) is 2. The molecule has 3 heterocycles. The lowest BCUT2D eigenvalue weighted by molar-refractivity contribution is 0.934. The molecule has 0 saturated carbocycles. The van der Waals surface area contributed by atoms with E-state index in [2.05, 4.69) is 56.7 Å². The molecule has 0 aromatic carbocycles. The number of aromatic nitrogens is 2. The van der Waals surface area contributed by atoms with E-state index in [4.69, 9.17) is 10.7 Å². The first-order chi connectivity index (χ1) is 10.7. The summed E-state index contributed by atoms with van der Waals surface area (Å²) >= 11 is 5.43. The van der Waals surface area contributed by atoms with Gasteiger partial charge in [0, 0.05) is 29.2 Å². The van der Waals surface area contributed by atoms with Crippen LogP contribution in [0.25, 0.3) is 11.0 Å². The second-order valence-electron chi connectivity index (χ2n) is 5.13. The summed E-state index contributed by atoms with van der Waals surface area (Å²) in [6.07, 6.45) is 1.72. The van der Waals surface area contributed by atoms with Crippen LogP contribution in [0.15, 0.2) is 28.1 Å². The first-order valence-corrected chi connectivity index (χ1v) is 9.06. The Morgan fingerprint density at radius 2 is 2.32 bits per heavy atom. The van der Waals surface area contributed by atoms with Crippen molar-refractivity contribution >= 4 is 44.0 Å². The molecule has 3 rings (SSSR count). The molecule has 0 fully saturated rings. The quantitative estimate of drug-likeness (QED) is 0.605. The maximum atomic E-state index is 5.69. The first-order valence-electron chi connectivity index (χ1n) is 7.39. The molecular weight excluding hydrogens is 360 g/mol. The van der Waals surface area contributed by atoms with Crippen molar-refractivity contribution in [2.24, 2.45) is 5.73 Å². The van der Waals surface area contributed by atoms with Crippen LogP contribution in [0.1, 0.15) is 23.2 Å². The van der Waals surface area contributed by atoms with Gasteiger partial charge in [0.1, 0.15) is 5.52 Å². The van der Waals surface area contributed by atoms with Crippen LogP contribution in [-0.2, 0) is 19.4 Å². The molecule has 0 amide bonds. The number of aryl methyl sites for hydroxylation is 1. The highest BCUT2D eigenvalue weighted by Gasteiger charge is 2.14. The Bertz CT molecular complexity index is 764. The minimum atomic E-state index is 0.615. The molecule has 0 aliphatic heterocycles. The van der Waals surface area contributed by atoms with E-state index < -0.39 is 0 Å². The summed E-state index contributed by atoms with van der Waals surface area (Å²) in [6, 6.07) is 6.35. The molecule has 6 heteroatoms. The number of hydrogen-bond donors (Lipinski definition) is 3. The Hall–Kier alpha value is -1.37. The number of hydrogen-bond acceptors (Lipinski definition) is 4. The van der Waals surface area contributed by atoms with Crippen LogP contribution < -0.4 is 11.1 Å². The van der Waals surface area contributed by atoms with Crippen molar-refractivity contribution in [2.45, 2.75) is 26.3 Å². The number of H-pyrrole nitrogens is 1. The van der Waals surface area contributed by atoms with Gasteiger partial charge in [-0.3, -0.25) is 0 Å². The van der Waals surface area contributed by atoms with Gasteiger partial charge in [-0.05, 0) is 46.4 Å². The second-order valence-corrected chi connectivity index (χ2v) is 6.95. The van der Waals surface area contributed by atoms with Crippen LogP contribution in [-0.4, -0.2) is 16.5 Å². The number of pyridine rings is 1. The Morgan fingerprint density at radius 3 is 3.00 bits per heavy atom. The van der Waals surface area contributed by atoms with E-state index in [0.29, 0.717) is 6.54 Å². The molecule has 3 aromatic heterocycles. The SMILES string of the molecule is CCc1cc(NCc2cccs2)c2[nH]c(CCN)c(Br)c2n1. The van der Waals surface area contributed by atoms with E-state index in [1.54, 1.807) is 11.3 Å². The van der Waals surface area contributed by atoms with Crippen molar-refractivity contribution in [1.29, 1.82) is 0 Å². The molecule has 3 aromatic rings. The number of aromatic amines is 1. The van der Waals surface area contributed by atoms with Gasteiger partial charge >= 0.3 is 0 Å². The van der Waals surface area contributed by atoms with Crippen LogP contribution >= 0.6 is 27.3 Å². The zero-order valence-electron chi connectivity index (χ0n) is 12.4. The van der Waals surface area contributed by atoms with Gasteiger partial charge in [-0.2, -0.15) is 0 Å². The van der Waals surface area contributed by atoms with Gasteiger partial charge in [0.2, 0.25) is 0 Å². The monoisotopic (exact) mass is 378 g/mol. The summed E-state index contributed by atoms with van der Waals surface area (Å²) in [5.41, 5.74) is 11.0. The predicted molar refractivity (Wildman–Crippen MR) is 97.6 cm³/mol. The summed E-state index contributed by atoms with van der Waals surface area (Å²) in [4.78, 5) is 9.53. The zero-order valence-corrected chi connectivity index (χ0v) is 14.9. The predicted octanol–water partition coefficient (Wildman–Crippen LogP) is 4.06. The normalized spacial score (nSPS) is 11.2. The maximum absolute atomic E-state index is 5.69. The zero-order chi connectivity index (χ0) is 15.5. The Morgan fingerprint density at radius 1 is 1.45 bits per heavy atom. The number of anilines is 1. The van der Waals surface area contributed by atoms with Crippen LogP contribution in [0, 0.1) is 0 Å². The van der Waals surface area contributed by atoms with Crippen LogP contribution in [0.3, 0.4) is 0 Å². The van der Waals surface area contributed by atoms with Crippen molar-refractivity contribution in [1.82, 2.24) is 9.97 Å². The molecule has 0 spiro atoms. The largest absolute Gasteiger partial charge is 0.378 e. The standard InChI is InChI=1S/C16H19BrN4S/c1-2-10-8-13(19-9-11-4-3-7-22-11)15-16(20-10)14(17)12(21-15)5-6-18/h3-4,7-8,21H,2,5-6,9,18H2,1H3,(H,19,20). The topological polar surface area (TPSA) is 66.7 Å². The third kappa shape index (κ3) is 3.04.